The Labute approximate surface area is 153 Å². The van der Waals surface area contributed by atoms with E-state index in [9.17, 15) is 5.11 Å². The fourth-order valence-electron chi connectivity index (χ4n) is 2.43. The molecule has 0 atom stereocenters. The average molecular weight is 403 g/mol. The molecule has 0 radical (unpaired) electrons. The Morgan fingerprint density at radius 2 is 2.04 bits per heavy atom. The summed E-state index contributed by atoms with van der Waals surface area (Å²) < 4.78 is 2.61. The van der Waals surface area contributed by atoms with Crippen molar-refractivity contribution in [1.82, 2.24) is 4.57 Å². The molecule has 0 bridgehead atoms. The zero-order valence-electron chi connectivity index (χ0n) is 13.1. The van der Waals surface area contributed by atoms with E-state index in [-0.39, 0.29) is 11.0 Å². The number of nitrogens with zero attached hydrogens (tertiary/aromatic N) is 3. The van der Waals surface area contributed by atoms with Gasteiger partial charge in [-0.2, -0.15) is 0 Å². The third-order valence-corrected chi connectivity index (χ3v) is 4.29. The maximum absolute atomic E-state index is 10.3. The van der Waals surface area contributed by atoms with Crippen molar-refractivity contribution in [2.75, 3.05) is 5.32 Å². The van der Waals surface area contributed by atoms with Crippen LogP contribution in [0.2, 0.25) is 0 Å². The van der Waals surface area contributed by atoms with Crippen molar-refractivity contribution in [2.45, 2.75) is 6.92 Å². The number of hydrogen-bond acceptors (Lipinski definition) is 3. The molecular weight excluding hydrogens is 388 g/mol. The van der Waals surface area contributed by atoms with Gasteiger partial charge in [0.05, 0.1) is 5.52 Å². The highest BCUT2D eigenvalue weighted by Crippen LogP contribution is 2.38. The van der Waals surface area contributed by atoms with Gasteiger partial charge in [-0.1, -0.05) is 33.6 Å². The molecule has 0 saturated carbocycles. The summed E-state index contributed by atoms with van der Waals surface area (Å²) in [5, 5.41) is 22.5. The highest BCUT2D eigenvalue weighted by Gasteiger charge is 2.14. The molecule has 0 aliphatic carbocycles. The molecule has 24 heavy (non-hydrogen) atoms. The summed E-state index contributed by atoms with van der Waals surface area (Å²) in [6, 6.07) is 13.5. The molecule has 2 N–H and O–H groups in total. The lowest BCUT2D eigenvalue weighted by Gasteiger charge is -2.03. The minimum absolute atomic E-state index is 0.0598. The number of halogens is 1. The number of benzene rings is 2. The summed E-state index contributed by atoms with van der Waals surface area (Å²) in [6.07, 6.45) is 0. The summed E-state index contributed by atoms with van der Waals surface area (Å²) in [6.45, 7) is 1.99. The van der Waals surface area contributed by atoms with Gasteiger partial charge in [-0.15, -0.1) is 10.2 Å². The Morgan fingerprint density at radius 1 is 1.25 bits per heavy atom. The van der Waals surface area contributed by atoms with Crippen LogP contribution in [0, 0.1) is 6.92 Å². The maximum atomic E-state index is 10.3. The second kappa shape index (κ2) is 6.70. The van der Waals surface area contributed by atoms with Crippen molar-refractivity contribution in [3.05, 3.63) is 52.5 Å². The van der Waals surface area contributed by atoms with Crippen molar-refractivity contribution < 1.29 is 5.11 Å². The van der Waals surface area contributed by atoms with Crippen molar-refractivity contribution in [3.63, 3.8) is 0 Å². The smallest absolute Gasteiger partial charge is 0.220 e. The number of aromatic hydroxyl groups is 1. The van der Waals surface area contributed by atoms with Gasteiger partial charge >= 0.3 is 0 Å². The van der Waals surface area contributed by atoms with Crippen LogP contribution in [0.4, 0.5) is 11.4 Å². The largest absolute Gasteiger partial charge is 0.493 e. The van der Waals surface area contributed by atoms with Gasteiger partial charge in [0.1, 0.15) is 0 Å². The molecule has 1 aromatic heterocycles. The summed E-state index contributed by atoms with van der Waals surface area (Å²) in [7, 11) is 1.78. The van der Waals surface area contributed by atoms with Crippen LogP contribution in [0.3, 0.4) is 0 Å². The van der Waals surface area contributed by atoms with E-state index in [4.69, 9.17) is 12.2 Å². The van der Waals surface area contributed by atoms with E-state index < -0.39 is 0 Å². The Kier molecular flexibility index (Phi) is 4.64. The predicted octanol–water partition coefficient (Wildman–Crippen LogP) is 5.44. The molecule has 3 rings (SSSR count). The molecule has 0 saturated heterocycles. The van der Waals surface area contributed by atoms with Crippen molar-refractivity contribution in [3.8, 4) is 5.88 Å². The van der Waals surface area contributed by atoms with E-state index in [2.05, 4.69) is 31.5 Å². The topological polar surface area (TPSA) is 61.9 Å². The zero-order valence-corrected chi connectivity index (χ0v) is 15.5. The average Bonchev–Trinajstić information content (AvgIpc) is 2.76. The van der Waals surface area contributed by atoms with Crippen LogP contribution in [-0.4, -0.2) is 14.8 Å². The Bertz CT molecular complexity index is 965. The van der Waals surface area contributed by atoms with Crippen LogP contribution in [0.1, 0.15) is 5.56 Å². The predicted molar refractivity (Wildman–Crippen MR) is 104 cm³/mol. The minimum Gasteiger partial charge on any atom is -0.493 e. The van der Waals surface area contributed by atoms with Crippen LogP contribution >= 0.6 is 28.1 Å². The summed E-state index contributed by atoms with van der Waals surface area (Å²) in [5.74, 6) is 0.0598. The fourth-order valence-corrected chi connectivity index (χ4v) is 2.99. The maximum Gasteiger partial charge on any atom is 0.220 e. The first-order valence-corrected chi connectivity index (χ1v) is 8.42. The third-order valence-electron chi connectivity index (χ3n) is 3.61. The minimum atomic E-state index is 0.0598. The molecule has 0 aliphatic rings. The first kappa shape index (κ1) is 16.6. The quantitative estimate of drug-likeness (QED) is 0.443. The Hall–Kier alpha value is -2.25. The standard InChI is InChI=1S/C17H15BrN4OS/c1-10-6-7-14-13(8-10)15(16(23)22(14)2)20-21-17(24)19-12-5-3-4-11(18)9-12/h3-9,23H,1-2H3,(H,19,24). The van der Waals surface area contributed by atoms with E-state index in [0.29, 0.717) is 5.69 Å². The third kappa shape index (κ3) is 3.32. The van der Waals surface area contributed by atoms with Gasteiger partial charge in [0.2, 0.25) is 11.0 Å². The SMILES string of the molecule is Cc1ccc2c(c1)c(N=NC(=S)Nc1cccc(Br)c1)c(O)n2C. The van der Waals surface area contributed by atoms with Gasteiger partial charge in [-0.25, -0.2) is 0 Å². The number of nitrogens with one attached hydrogen (secondary N) is 1. The molecule has 0 amide bonds. The number of azo groups is 1. The Balaban J connectivity index is 1.89. The second-order valence-electron chi connectivity index (χ2n) is 5.39. The van der Waals surface area contributed by atoms with E-state index in [0.717, 1.165) is 26.6 Å². The van der Waals surface area contributed by atoms with Crippen LogP contribution in [0.5, 0.6) is 5.88 Å². The zero-order chi connectivity index (χ0) is 17.3. The number of rotatable bonds is 2. The first-order chi connectivity index (χ1) is 11.5. The van der Waals surface area contributed by atoms with E-state index in [1.165, 1.54) is 0 Å². The van der Waals surface area contributed by atoms with Crippen molar-refractivity contribution in [1.29, 1.82) is 0 Å². The molecule has 1 heterocycles. The van der Waals surface area contributed by atoms with Crippen molar-refractivity contribution >= 4 is 55.5 Å². The number of hydrogen-bond donors (Lipinski definition) is 2. The molecule has 5 nitrogen and oxygen atoms in total. The lowest BCUT2D eigenvalue weighted by atomic mass is 10.1. The number of aryl methyl sites for hydroxylation is 2. The fraction of sp³-hybridized carbons (Fsp3) is 0.118. The second-order valence-corrected chi connectivity index (χ2v) is 6.69. The molecular formula is C17H15BrN4OS. The van der Waals surface area contributed by atoms with Crippen LogP contribution in [0.15, 0.2) is 57.2 Å². The molecule has 0 fully saturated rings. The highest BCUT2D eigenvalue weighted by molar-refractivity contribution is 9.10. The van der Waals surface area contributed by atoms with E-state index in [1.54, 1.807) is 11.6 Å². The molecule has 7 heteroatoms. The van der Waals surface area contributed by atoms with E-state index in [1.807, 2.05) is 49.4 Å². The lowest BCUT2D eigenvalue weighted by molar-refractivity contribution is 0.436. The number of aromatic nitrogens is 1. The normalized spacial score (nSPS) is 11.3. The van der Waals surface area contributed by atoms with Crippen LogP contribution < -0.4 is 5.32 Å². The van der Waals surface area contributed by atoms with Crippen LogP contribution in [0.25, 0.3) is 10.9 Å². The van der Waals surface area contributed by atoms with Gasteiger partial charge in [-0.3, -0.25) is 0 Å². The molecule has 0 aliphatic heterocycles. The van der Waals surface area contributed by atoms with Crippen molar-refractivity contribution in [2.24, 2.45) is 17.3 Å². The monoisotopic (exact) mass is 402 g/mol. The van der Waals surface area contributed by atoms with Gasteiger partial charge in [0.25, 0.3) is 0 Å². The lowest BCUT2D eigenvalue weighted by Crippen LogP contribution is -2.04. The number of anilines is 1. The number of thiocarbonyl (C=S) groups is 1. The first-order valence-electron chi connectivity index (χ1n) is 7.22. The van der Waals surface area contributed by atoms with E-state index >= 15 is 0 Å². The Morgan fingerprint density at radius 3 is 2.79 bits per heavy atom. The molecule has 0 spiro atoms. The molecule has 122 valence electrons. The van der Waals surface area contributed by atoms with Gasteiger partial charge in [0, 0.05) is 22.6 Å². The van der Waals surface area contributed by atoms with Gasteiger partial charge in [0.15, 0.2) is 5.69 Å². The van der Waals surface area contributed by atoms with Gasteiger partial charge in [-0.05, 0) is 49.5 Å². The number of fused-ring (bicyclic) bond motifs is 1. The summed E-state index contributed by atoms with van der Waals surface area (Å²) in [5.41, 5.74) is 3.19. The molecule has 0 unspecified atom stereocenters. The highest BCUT2D eigenvalue weighted by atomic mass is 79.9. The molecule has 2 aromatic carbocycles. The molecule has 3 aromatic rings. The summed E-state index contributed by atoms with van der Waals surface area (Å²) in [4.78, 5) is 0. The van der Waals surface area contributed by atoms with Crippen LogP contribution in [-0.2, 0) is 7.05 Å². The summed E-state index contributed by atoms with van der Waals surface area (Å²) >= 11 is 8.60. The van der Waals surface area contributed by atoms with Gasteiger partial charge < -0.3 is 15.0 Å².